The van der Waals surface area contributed by atoms with E-state index in [1.54, 1.807) is 24.0 Å². The first-order chi connectivity index (χ1) is 11.1. The van der Waals surface area contributed by atoms with Gasteiger partial charge in [0.2, 0.25) is 5.91 Å². The number of hydrogen-bond donors (Lipinski definition) is 1. The van der Waals surface area contributed by atoms with Crippen LogP contribution in [-0.4, -0.2) is 47.6 Å². The number of hydrogen-bond acceptors (Lipinski definition) is 3. The number of aliphatic hydroxyl groups excluding tert-OH is 1. The Balaban J connectivity index is 1.69. The zero-order chi connectivity index (χ0) is 16.4. The van der Waals surface area contributed by atoms with Crippen LogP contribution < -0.4 is 4.90 Å². The smallest absolute Gasteiger partial charge is 0.253 e. The van der Waals surface area contributed by atoms with Crippen molar-refractivity contribution in [1.82, 2.24) is 4.90 Å². The van der Waals surface area contributed by atoms with Crippen LogP contribution in [0.1, 0.15) is 43.0 Å². The summed E-state index contributed by atoms with van der Waals surface area (Å²) in [4.78, 5) is 28.0. The maximum absolute atomic E-state index is 12.6. The fourth-order valence-corrected chi connectivity index (χ4v) is 3.48. The van der Waals surface area contributed by atoms with Crippen LogP contribution in [0.3, 0.4) is 0 Å². The quantitative estimate of drug-likeness (QED) is 0.928. The Hall–Kier alpha value is -1.88. The van der Waals surface area contributed by atoms with Gasteiger partial charge < -0.3 is 14.9 Å². The number of likely N-dealkylation sites (tertiary alicyclic amines) is 1. The predicted molar refractivity (Wildman–Crippen MR) is 88.3 cm³/mol. The van der Waals surface area contributed by atoms with E-state index in [0.717, 1.165) is 38.0 Å². The summed E-state index contributed by atoms with van der Waals surface area (Å²) in [6.07, 6.45) is 3.02. The first-order valence-electron chi connectivity index (χ1n) is 8.44. The van der Waals surface area contributed by atoms with E-state index in [2.05, 4.69) is 0 Å². The van der Waals surface area contributed by atoms with Crippen LogP contribution >= 0.6 is 0 Å². The molecule has 2 saturated heterocycles. The van der Waals surface area contributed by atoms with Crippen molar-refractivity contribution in [2.24, 2.45) is 5.92 Å². The molecular formula is C18H24N2O3. The van der Waals surface area contributed by atoms with Gasteiger partial charge in [-0.05, 0) is 50.5 Å². The van der Waals surface area contributed by atoms with Crippen LogP contribution in [0.15, 0.2) is 24.3 Å². The molecule has 1 aromatic rings. The largest absolute Gasteiger partial charge is 0.393 e. The van der Waals surface area contributed by atoms with Gasteiger partial charge in [0.1, 0.15) is 0 Å². The topological polar surface area (TPSA) is 60.9 Å². The minimum Gasteiger partial charge on any atom is -0.393 e. The number of rotatable bonds is 3. The fourth-order valence-electron chi connectivity index (χ4n) is 3.48. The van der Waals surface area contributed by atoms with Crippen molar-refractivity contribution in [3.05, 3.63) is 29.8 Å². The van der Waals surface area contributed by atoms with Crippen molar-refractivity contribution in [1.29, 1.82) is 0 Å². The number of piperidine rings is 1. The van der Waals surface area contributed by atoms with Gasteiger partial charge in [-0.15, -0.1) is 0 Å². The third-order valence-corrected chi connectivity index (χ3v) is 4.93. The molecule has 0 aromatic heterocycles. The summed E-state index contributed by atoms with van der Waals surface area (Å²) in [5, 5.41) is 9.75. The first-order valence-corrected chi connectivity index (χ1v) is 8.44. The number of carbonyl (C=O) groups excluding carboxylic acids is 2. The van der Waals surface area contributed by atoms with E-state index < -0.39 is 0 Å². The van der Waals surface area contributed by atoms with Gasteiger partial charge in [0.15, 0.2) is 0 Å². The van der Waals surface area contributed by atoms with Gasteiger partial charge in [-0.25, -0.2) is 0 Å². The number of carbonyl (C=O) groups is 2. The monoisotopic (exact) mass is 316 g/mol. The molecule has 3 rings (SSSR count). The van der Waals surface area contributed by atoms with Crippen LogP contribution in [-0.2, 0) is 4.79 Å². The van der Waals surface area contributed by atoms with E-state index in [1.165, 1.54) is 0 Å². The molecule has 0 saturated carbocycles. The van der Waals surface area contributed by atoms with E-state index >= 15 is 0 Å². The lowest BCUT2D eigenvalue weighted by atomic mass is 9.93. The van der Waals surface area contributed by atoms with E-state index in [0.29, 0.717) is 18.5 Å². The molecule has 1 N–H and O–H groups in total. The van der Waals surface area contributed by atoms with Gasteiger partial charge in [0.05, 0.1) is 6.10 Å². The second-order valence-electron chi connectivity index (χ2n) is 6.59. The van der Waals surface area contributed by atoms with Crippen LogP contribution in [0.25, 0.3) is 0 Å². The molecule has 2 unspecified atom stereocenters. The molecule has 2 aliphatic rings. The van der Waals surface area contributed by atoms with Crippen LogP contribution in [0.5, 0.6) is 0 Å². The van der Waals surface area contributed by atoms with E-state index in [1.807, 2.05) is 17.0 Å². The Morgan fingerprint density at radius 3 is 2.57 bits per heavy atom. The number of amides is 2. The normalized spacial score (nSPS) is 23.2. The van der Waals surface area contributed by atoms with Crippen molar-refractivity contribution < 1.29 is 14.7 Å². The zero-order valence-corrected chi connectivity index (χ0v) is 13.6. The zero-order valence-electron chi connectivity index (χ0n) is 13.6. The molecule has 5 nitrogen and oxygen atoms in total. The van der Waals surface area contributed by atoms with Gasteiger partial charge in [0, 0.05) is 43.2 Å². The van der Waals surface area contributed by atoms with Gasteiger partial charge in [-0.2, -0.15) is 0 Å². The van der Waals surface area contributed by atoms with Gasteiger partial charge in [-0.3, -0.25) is 9.59 Å². The summed E-state index contributed by atoms with van der Waals surface area (Å²) in [6.45, 7) is 3.91. The lowest BCUT2D eigenvalue weighted by Gasteiger charge is -2.34. The maximum Gasteiger partial charge on any atom is 0.253 e. The molecule has 2 heterocycles. The van der Waals surface area contributed by atoms with E-state index in [-0.39, 0.29) is 23.8 Å². The Morgan fingerprint density at radius 1 is 1.22 bits per heavy atom. The molecule has 1 aromatic carbocycles. The average molecular weight is 316 g/mol. The van der Waals surface area contributed by atoms with Crippen LogP contribution in [0.4, 0.5) is 5.69 Å². The third kappa shape index (κ3) is 3.39. The van der Waals surface area contributed by atoms with Gasteiger partial charge in [0.25, 0.3) is 5.91 Å². The van der Waals surface area contributed by atoms with Gasteiger partial charge in [-0.1, -0.05) is 0 Å². The van der Waals surface area contributed by atoms with Crippen molar-refractivity contribution in [3.63, 3.8) is 0 Å². The molecule has 23 heavy (non-hydrogen) atoms. The minimum atomic E-state index is -0.380. The van der Waals surface area contributed by atoms with E-state index in [4.69, 9.17) is 0 Å². The molecule has 0 radical (unpaired) electrons. The molecule has 2 fully saturated rings. The molecule has 0 aliphatic carbocycles. The Kier molecular flexibility index (Phi) is 4.66. The molecule has 2 aliphatic heterocycles. The number of anilines is 1. The number of nitrogens with zero attached hydrogens (tertiary/aromatic N) is 2. The second kappa shape index (κ2) is 6.71. The molecule has 0 bridgehead atoms. The highest BCUT2D eigenvalue weighted by atomic mass is 16.3. The highest BCUT2D eigenvalue weighted by Gasteiger charge is 2.27. The van der Waals surface area contributed by atoms with Crippen molar-refractivity contribution in [2.75, 3.05) is 24.5 Å². The number of benzene rings is 1. The highest BCUT2D eigenvalue weighted by molar-refractivity contribution is 5.97. The van der Waals surface area contributed by atoms with E-state index in [9.17, 15) is 14.7 Å². The molecule has 124 valence electrons. The van der Waals surface area contributed by atoms with Crippen LogP contribution in [0.2, 0.25) is 0 Å². The third-order valence-electron chi connectivity index (χ3n) is 4.93. The first kappa shape index (κ1) is 16.0. The lowest BCUT2D eigenvalue weighted by molar-refractivity contribution is -0.117. The fraction of sp³-hybridized carbons (Fsp3) is 0.556. The average Bonchev–Trinajstić information content (AvgIpc) is 3.00. The summed E-state index contributed by atoms with van der Waals surface area (Å²) in [5.41, 5.74) is 1.51. The summed E-state index contributed by atoms with van der Waals surface area (Å²) < 4.78 is 0. The van der Waals surface area contributed by atoms with Crippen LogP contribution in [0, 0.1) is 5.92 Å². The summed E-state index contributed by atoms with van der Waals surface area (Å²) >= 11 is 0. The summed E-state index contributed by atoms with van der Waals surface area (Å²) in [5.74, 6) is 0.323. The van der Waals surface area contributed by atoms with Crippen molar-refractivity contribution in [2.45, 2.75) is 38.7 Å². The SMILES string of the molecule is CC(O)C1CCCN(C(=O)c2ccc(N3CCCC3=O)cc2)C1. The highest BCUT2D eigenvalue weighted by Crippen LogP contribution is 2.24. The predicted octanol–water partition coefficient (Wildman–Crippen LogP) is 2.05. The Labute approximate surface area is 136 Å². The molecule has 2 amide bonds. The second-order valence-corrected chi connectivity index (χ2v) is 6.59. The number of aliphatic hydroxyl groups is 1. The molecule has 0 spiro atoms. The Bertz CT molecular complexity index is 582. The lowest BCUT2D eigenvalue weighted by Crippen LogP contribution is -2.42. The Morgan fingerprint density at radius 2 is 1.96 bits per heavy atom. The molecular weight excluding hydrogens is 292 g/mol. The standard InChI is InChI=1S/C18H24N2O3/c1-13(21)15-4-2-10-19(12-15)18(23)14-6-8-16(9-7-14)20-11-3-5-17(20)22/h6-9,13,15,21H,2-5,10-12H2,1H3. The maximum atomic E-state index is 12.6. The summed E-state index contributed by atoms with van der Waals surface area (Å²) in [7, 11) is 0. The molecule has 2 atom stereocenters. The molecule has 5 heteroatoms. The minimum absolute atomic E-state index is 0.00893. The summed E-state index contributed by atoms with van der Waals surface area (Å²) in [6, 6.07) is 7.31. The van der Waals surface area contributed by atoms with Crippen molar-refractivity contribution in [3.8, 4) is 0 Å². The van der Waals surface area contributed by atoms with Crippen molar-refractivity contribution >= 4 is 17.5 Å². The van der Waals surface area contributed by atoms with Gasteiger partial charge >= 0.3 is 0 Å².